The van der Waals surface area contributed by atoms with Crippen LogP contribution in [0.25, 0.3) is 43.4 Å². The zero-order valence-electron chi connectivity index (χ0n) is 16.7. The Hall–Kier alpha value is -4.01. The van der Waals surface area contributed by atoms with Crippen LogP contribution in [0.1, 0.15) is 0 Å². The predicted molar refractivity (Wildman–Crippen MR) is 122 cm³/mol. The van der Waals surface area contributed by atoms with Crippen molar-refractivity contribution in [1.82, 2.24) is 4.98 Å². The molecule has 0 saturated heterocycles. The maximum Gasteiger partial charge on any atom is 2.00 e. The van der Waals surface area contributed by atoms with E-state index in [1.165, 1.54) is 0 Å². The Morgan fingerprint density at radius 3 is 1.94 bits per heavy atom. The van der Waals surface area contributed by atoms with Gasteiger partial charge in [0.2, 0.25) is 5.52 Å². The number of pyridine rings is 2. The summed E-state index contributed by atoms with van der Waals surface area (Å²) in [5.74, 6) is 0.109. The van der Waals surface area contributed by atoms with E-state index >= 15 is 0 Å². The molecule has 0 amide bonds. The molecule has 0 atom stereocenters. The fourth-order valence-electron chi connectivity index (χ4n) is 3.82. The van der Waals surface area contributed by atoms with Crippen LogP contribution in [0, 0.1) is 0 Å². The van der Waals surface area contributed by atoms with Crippen LogP contribution in [0.2, 0.25) is 0 Å². The first-order chi connectivity index (χ1) is 14.7. The van der Waals surface area contributed by atoms with Crippen LogP contribution < -0.4 is 15.2 Å². The average molecular weight is 398 g/mol. The van der Waals surface area contributed by atoms with Crippen molar-refractivity contribution in [3.63, 3.8) is 0 Å². The van der Waals surface area contributed by atoms with Gasteiger partial charge < -0.3 is 10.2 Å². The summed E-state index contributed by atoms with van der Waals surface area (Å²) in [6.07, 6.45) is 3.56. The normalized spacial score (nSPS) is 10.6. The van der Waals surface area contributed by atoms with E-state index in [4.69, 9.17) is 0 Å². The SMILES string of the molecule is [Be+2].[O-]c1cccc2ccc3ccc[nH+]c3c12.[O-]c1cccc2ccc3cccnc3c12. The zero-order valence-corrected chi connectivity index (χ0v) is 16.7. The van der Waals surface area contributed by atoms with E-state index in [2.05, 4.69) is 9.97 Å². The van der Waals surface area contributed by atoms with Crippen molar-refractivity contribution in [2.45, 2.75) is 0 Å². The molecule has 0 radical (unpaired) electrons. The first-order valence-corrected chi connectivity index (χ1v) is 9.65. The van der Waals surface area contributed by atoms with E-state index in [0.717, 1.165) is 43.4 Å². The molecule has 6 rings (SSSR count). The fraction of sp³-hybridized carbons (Fsp3) is 0. The molecule has 31 heavy (non-hydrogen) atoms. The van der Waals surface area contributed by atoms with Crippen LogP contribution in [0.5, 0.6) is 11.5 Å². The third kappa shape index (κ3) is 3.65. The minimum Gasteiger partial charge on any atom is -0.872 e. The standard InChI is InChI=1S/2C13H9NO.Be/c2*15-11-5-1-3-9-6-7-10-4-2-8-14-13(10)12(9)11;/h2*1-8,15H;/q;;+2/p-1. The average Bonchev–Trinajstić information content (AvgIpc) is 2.79. The zero-order chi connectivity index (χ0) is 20.5. The Kier molecular flexibility index (Phi) is 5.48. The molecule has 2 heterocycles. The van der Waals surface area contributed by atoms with Gasteiger partial charge in [0.15, 0.2) is 6.20 Å². The first kappa shape index (κ1) is 20.3. The molecule has 0 unspecified atom stereocenters. The van der Waals surface area contributed by atoms with Crippen LogP contribution >= 0.6 is 0 Å². The van der Waals surface area contributed by atoms with Crippen LogP contribution in [0.3, 0.4) is 0 Å². The van der Waals surface area contributed by atoms with E-state index in [1.54, 1.807) is 30.5 Å². The Balaban J connectivity index is 0.000000144. The van der Waals surface area contributed by atoms with Gasteiger partial charge in [-0.1, -0.05) is 72.2 Å². The van der Waals surface area contributed by atoms with Gasteiger partial charge in [-0.25, -0.2) is 4.98 Å². The summed E-state index contributed by atoms with van der Waals surface area (Å²) >= 11 is 0. The third-order valence-electron chi connectivity index (χ3n) is 5.22. The molecular formula is C26H17BeN2O2+. The molecule has 6 aromatic rings. The molecule has 0 aliphatic carbocycles. The van der Waals surface area contributed by atoms with Crippen LogP contribution in [-0.2, 0) is 0 Å². The van der Waals surface area contributed by atoms with E-state index in [-0.39, 0.29) is 21.6 Å². The Morgan fingerprint density at radius 2 is 1.16 bits per heavy atom. The number of aromatic nitrogens is 2. The Morgan fingerprint density at radius 1 is 0.581 bits per heavy atom. The van der Waals surface area contributed by atoms with Gasteiger partial charge in [0, 0.05) is 33.8 Å². The number of benzene rings is 4. The van der Waals surface area contributed by atoms with Gasteiger partial charge in [0.25, 0.3) is 0 Å². The second-order valence-corrected chi connectivity index (χ2v) is 7.05. The number of H-pyrrole nitrogens is 1. The van der Waals surface area contributed by atoms with Gasteiger partial charge in [-0.3, -0.25) is 4.98 Å². The molecule has 0 bridgehead atoms. The largest absolute Gasteiger partial charge is 2.00 e. The number of hydrogen-bond donors (Lipinski definition) is 0. The fourth-order valence-corrected chi connectivity index (χ4v) is 3.82. The van der Waals surface area contributed by atoms with Crippen LogP contribution in [0.4, 0.5) is 0 Å². The van der Waals surface area contributed by atoms with Crippen LogP contribution in [-0.4, -0.2) is 15.1 Å². The number of aromatic amines is 1. The molecule has 0 saturated carbocycles. The van der Waals surface area contributed by atoms with Gasteiger partial charge in [-0.15, -0.1) is 0 Å². The summed E-state index contributed by atoms with van der Waals surface area (Å²) in [5.41, 5.74) is 1.71. The summed E-state index contributed by atoms with van der Waals surface area (Å²) in [4.78, 5) is 7.40. The smallest absolute Gasteiger partial charge is 0.872 e. The summed E-state index contributed by atoms with van der Waals surface area (Å²) < 4.78 is 0. The maximum absolute atomic E-state index is 11.8. The van der Waals surface area contributed by atoms with E-state index in [0.29, 0.717) is 0 Å². The number of rotatable bonds is 0. The maximum atomic E-state index is 11.8. The Labute approximate surface area is 182 Å². The van der Waals surface area contributed by atoms with Crippen molar-refractivity contribution in [2.24, 2.45) is 0 Å². The molecule has 0 aliphatic heterocycles. The van der Waals surface area contributed by atoms with Crippen molar-refractivity contribution < 1.29 is 15.2 Å². The van der Waals surface area contributed by atoms with E-state index in [9.17, 15) is 10.2 Å². The molecule has 2 aromatic heterocycles. The summed E-state index contributed by atoms with van der Waals surface area (Å²) in [7, 11) is 0. The molecule has 4 nitrogen and oxygen atoms in total. The van der Waals surface area contributed by atoms with Gasteiger partial charge in [-0.05, 0) is 29.0 Å². The van der Waals surface area contributed by atoms with Crippen molar-refractivity contribution in [1.29, 1.82) is 0 Å². The quantitative estimate of drug-likeness (QED) is 0.287. The second-order valence-electron chi connectivity index (χ2n) is 7.05. The number of nitrogens with one attached hydrogen (secondary N) is 1. The molecule has 4 aromatic carbocycles. The number of fused-ring (bicyclic) bond motifs is 6. The van der Waals surface area contributed by atoms with E-state index in [1.807, 2.05) is 66.9 Å². The third-order valence-corrected chi connectivity index (χ3v) is 5.22. The molecule has 0 fully saturated rings. The topological polar surface area (TPSA) is 73.2 Å². The van der Waals surface area contributed by atoms with Crippen molar-refractivity contribution in [3.8, 4) is 11.5 Å². The molecule has 5 heteroatoms. The molecule has 0 spiro atoms. The molecule has 144 valence electrons. The summed E-state index contributed by atoms with van der Waals surface area (Å²) in [5, 5.41) is 29.0. The van der Waals surface area contributed by atoms with E-state index < -0.39 is 0 Å². The summed E-state index contributed by atoms with van der Waals surface area (Å²) in [6.45, 7) is 0. The first-order valence-electron chi connectivity index (χ1n) is 9.65. The Bertz CT molecular complexity index is 1420. The predicted octanol–water partition coefficient (Wildman–Crippen LogP) is 3.96. The van der Waals surface area contributed by atoms with Gasteiger partial charge in [-0.2, -0.15) is 0 Å². The minimum atomic E-state index is 0. The van der Waals surface area contributed by atoms with Crippen molar-refractivity contribution >= 4 is 53.5 Å². The molecular weight excluding hydrogens is 381 g/mol. The number of hydrogen-bond acceptors (Lipinski definition) is 3. The van der Waals surface area contributed by atoms with Gasteiger partial charge in [0.05, 0.1) is 5.52 Å². The van der Waals surface area contributed by atoms with Crippen molar-refractivity contribution in [3.05, 3.63) is 97.3 Å². The van der Waals surface area contributed by atoms with Crippen LogP contribution in [0.15, 0.2) is 97.3 Å². The van der Waals surface area contributed by atoms with Crippen molar-refractivity contribution in [2.75, 3.05) is 0 Å². The summed E-state index contributed by atoms with van der Waals surface area (Å²) in [6, 6.07) is 26.4. The molecule has 1 N–H and O–H groups in total. The molecule has 0 aliphatic rings. The number of nitrogens with zero attached hydrogens (tertiary/aromatic N) is 1. The second kappa shape index (κ2) is 8.39. The monoisotopic (exact) mass is 398 g/mol. The van der Waals surface area contributed by atoms with Gasteiger partial charge in [0.1, 0.15) is 0 Å². The van der Waals surface area contributed by atoms with Gasteiger partial charge >= 0.3 is 10.1 Å². The minimum absolute atomic E-state index is 0.